The van der Waals surface area contributed by atoms with Crippen molar-refractivity contribution >= 4 is 11.3 Å². The van der Waals surface area contributed by atoms with Crippen LogP contribution in [0.5, 0.6) is 0 Å². The zero-order valence-electron chi connectivity index (χ0n) is 14.1. The molecule has 0 aliphatic heterocycles. The SMILES string of the molecule is CCN(Cc1cccs1)CC1CC(C(C)(C)C)CCC1N. The van der Waals surface area contributed by atoms with Crippen LogP contribution in [-0.4, -0.2) is 24.0 Å². The van der Waals surface area contributed by atoms with Gasteiger partial charge in [0.2, 0.25) is 0 Å². The lowest BCUT2D eigenvalue weighted by molar-refractivity contribution is 0.0987. The molecule has 0 saturated heterocycles. The van der Waals surface area contributed by atoms with Crippen molar-refractivity contribution in [2.24, 2.45) is 23.0 Å². The molecule has 1 aromatic heterocycles. The summed E-state index contributed by atoms with van der Waals surface area (Å²) in [6.07, 6.45) is 3.80. The van der Waals surface area contributed by atoms with Gasteiger partial charge in [0.15, 0.2) is 0 Å². The van der Waals surface area contributed by atoms with E-state index in [1.807, 2.05) is 11.3 Å². The maximum absolute atomic E-state index is 6.44. The monoisotopic (exact) mass is 308 g/mol. The molecule has 3 atom stereocenters. The fourth-order valence-corrected chi connectivity index (χ4v) is 4.29. The van der Waals surface area contributed by atoms with Crippen molar-refractivity contribution in [2.75, 3.05) is 13.1 Å². The van der Waals surface area contributed by atoms with Crippen molar-refractivity contribution in [1.82, 2.24) is 4.90 Å². The molecule has 3 heteroatoms. The van der Waals surface area contributed by atoms with Gasteiger partial charge >= 0.3 is 0 Å². The summed E-state index contributed by atoms with van der Waals surface area (Å²) in [4.78, 5) is 4.04. The first kappa shape index (κ1) is 17.0. The van der Waals surface area contributed by atoms with E-state index < -0.39 is 0 Å². The number of thiophene rings is 1. The lowest BCUT2D eigenvalue weighted by Crippen LogP contribution is -2.44. The fourth-order valence-electron chi connectivity index (χ4n) is 3.54. The van der Waals surface area contributed by atoms with E-state index in [1.54, 1.807) is 0 Å². The van der Waals surface area contributed by atoms with Crippen molar-refractivity contribution < 1.29 is 0 Å². The Hall–Kier alpha value is -0.380. The van der Waals surface area contributed by atoms with E-state index in [1.165, 1.54) is 24.1 Å². The minimum atomic E-state index is 0.390. The molecule has 1 aromatic rings. The first-order valence-electron chi connectivity index (χ1n) is 8.40. The molecule has 0 bridgehead atoms. The van der Waals surface area contributed by atoms with Gasteiger partial charge in [0.1, 0.15) is 0 Å². The van der Waals surface area contributed by atoms with E-state index in [4.69, 9.17) is 5.73 Å². The molecule has 21 heavy (non-hydrogen) atoms. The Morgan fingerprint density at radius 1 is 1.33 bits per heavy atom. The van der Waals surface area contributed by atoms with Crippen molar-refractivity contribution in [3.8, 4) is 0 Å². The summed E-state index contributed by atoms with van der Waals surface area (Å²) >= 11 is 1.86. The summed E-state index contributed by atoms with van der Waals surface area (Å²) in [7, 11) is 0. The molecule has 0 aromatic carbocycles. The van der Waals surface area contributed by atoms with Crippen LogP contribution in [0.15, 0.2) is 17.5 Å². The Morgan fingerprint density at radius 2 is 2.10 bits per heavy atom. The first-order valence-corrected chi connectivity index (χ1v) is 9.28. The van der Waals surface area contributed by atoms with E-state index in [0.717, 1.165) is 25.6 Å². The van der Waals surface area contributed by atoms with Crippen LogP contribution in [0.3, 0.4) is 0 Å². The Kier molecular flexibility index (Phi) is 5.87. The third kappa shape index (κ3) is 4.80. The topological polar surface area (TPSA) is 29.3 Å². The van der Waals surface area contributed by atoms with Crippen LogP contribution >= 0.6 is 11.3 Å². The first-order chi connectivity index (χ1) is 9.90. The number of nitrogens with zero attached hydrogens (tertiary/aromatic N) is 1. The minimum Gasteiger partial charge on any atom is -0.327 e. The summed E-state index contributed by atoms with van der Waals surface area (Å²) < 4.78 is 0. The maximum Gasteiger partial charge on any atom is 0.0327 e. The van der Waals surface area contributed by atoms with Gasteiger partial charge in [0.05, 0.1) is 0 Å². The van der Waals surface area contributed by atoms with Crippen LogP contribution in [0.4, 0.5) is 0 Å². The summed E-state index contributed by atoms with van der Waals surface area (Å²) in [6, 6.07) is 4.78. The second-order valence-corrected chi connectivity index (χ2v) is 8.74. The van der Waals surface area contributed by atoms with Gasteiger partial charge in [-0.3, -0.25) is 4.90 Å². The minimum absolute atomic E-state index is 0.390. The highest BCUT2D eigenvalue weighted by atomic mass is 32.1. The largest absolute Gasteiger partial charge is 0.327 e. The van der Waals surface area contributed by atoms with Crippen LogP contribution in [0.25, 0.3) is 0 Å². The zero-order chi connectivity index (χ0) is 15.5. The second-order valence-electron chi connectivity index (χ2n) is 7.71. The van der Waals surface area contributed by atoms with Crippen LogP contribution < -0.4 is 5.73 Å². The molecule has 1 fully saturated rings. The van der Waals surface area contributed by atoms with Gasteiger partial charge in [0.25, 0.3) is 0 Å². The molecule has 0 spiro atoms. The fraction of sp³-hybridized carbons (Fsp3) is 0.778. The molecule has 2 nitrogen and oxygen atoms in total. The molecule has 0 amide bonds. The number of hydrogen-bond donors (Lipinski definition) is 1. The van der Waals surface area contributed by atoms with Gasteiger partial charge in [-0.15, -0.1) is 11.3 Å². The Bertz CT molecular complexity index is 407. The van der Waals surface area contributed by atoms with Crippen LogP contribution in [0.2, 0.25) is 0 Å². The van der Waals surface area contributed by atoms with Gasteiger partial charge in [0, 0.05) is 24.0 Å². The molecule has 1 aliphatic rings. The summed E-state index contributed by atoms with van der Waals surface area (Å²) in [6.45, 7) is 12.8. The molecular formula is C18H32N2S. The third-order valence-electron chi connectivity index (χ3n) is 5.17. The predicted molar refractivity (Wildman–Crippen MR) is 93.5 cm³/mol. The van der Waals surface area contributed by atoms with Gasteiger partial charge < -0.3 is 5.73 Å². The molecule has 0 radical (unpaired) electrons. The smallest absolute Gasteiger partial charge is 0.0327 e. The van der Waals surface area contributed by atoms with E-state index in [2.05, 4.69) is 50.1 Å². The zero-order valence-corrected chi connectivity index (χ0v) is 15.0. The molecule has 2 rings (SSSR count). The molecule has 3 unspecified atom stereocenters. The highest BCUT2D eigenvalue weighted by Crippen LogP contribution is 2.40. The predicted octanol–water partition coefficient (Wildman–Crippen LogP) is 4.36. The molecule has 1 saturated carbocycles. The van der Waals surface area contributed by atoms with Crippen LogP contribution in [-0.2, 0) is 6.54 Å². The van der Waals surface area contributed by atoms with Crippen molar-refractivity contribution in [3.05, 3.63) is 22.4 Å². The van der Waals surface area contributed by atoms with E-state index in [0.29, 0.717) is 17.4 Å². The number of nitrogens with two attached hydrogens (primary N) is 1. The average molecular weight is 309 g/mol. The highest BCUT2D eigenvalue weighted by Gasteiger charge is 2.34. The van der Waals surface area contributed by atoms with Crippen LogP contribution in [0, 0.1) is 17.3 Å². The molecule has 1 aliphatic carbocycles. The second kappa shape index (κ2) is 7.26. The van der Waals surface area contributed by atoms with E-state index in [9.17, 15) is 0 Å². The quantitative estimate of drug-likeness (QED) is 0.875. The molecule has 1 heterocycles. The van der Waals surface area contributed by atoms with Gasteiger partial charge in [-0.25, -0.2) is 0 Å². The average Bonchev–Trinajstić information content (AvgIpc) is 2.92. The van der Waals surface area contributed by atoms with E-state index in [-0.39, 0.29) is 0 Å². The number of rotatable bonds is 5. The molecular weight excluding hydrogens is 276 g/mol. The van der Waals surface area contributed by atoms with Crippen molar-refractivity contribution in [2.45, 2.75) is 59.5 Å². The standard InChI is InChI=1S/C18H32N2S/c1-5-20(13-16-7-6-10-21-16)12-14-11-15(18(2,3)4)8-9-17(14)19/h6-7,10,14-15,17H,5,8-9,11-13,19H2,1-4H3. The van der Waals surface area contributed by atoms with Gasteiger partial charge in [-0.05, 0) is 54.5 Å². The third-order valence-corrected chi connectivity index (χ3v) is 6.03. The van der Waals surface area contributed by atoms with Gasteiger partial charge in [-0.2, -0.15) is 0 Å². The summed E-state index contributed by atoms with van der Waals surface area (Å²) in [5.74, 6) is 1.48. The molecule has 2 N–H and O–H groups in total. The Balaban J connectivity index is 1.94. The lowest BCUT2D eigenvalue weighted by Gasteiger charge is -2.42. The summed E-state index contributed by atoms with van der Waals surface area (Å²) in [5, 5.41) is 2.17. The summed E-state index contributed by atoms with van der Waals surface area (Å²) in [5.41, 5.74) is 6.86. The Morgan fingerprint density at radius 3 is 2.67 bits per heavy atom. The Labute approximate surface area is 134 Å². The number of hydrogen-bond acceptors (Lipinski definition) is 3. The van der Waals surface area contributed by atoms with Gasteiger partial charge in [-0.1, -0.05) is 33.8 Å². The maximum atomic E-state index is 6.44. The lowest BCUT2D eigenvalue weighted by atomic mass is 9.67. The molecule has 120 valence electrons. The normalized spacial score (nSPS) is 27.2. The van der Waals surface area contributed by atoms with Crippen molar-refractivity contribution in [3.63, 3.8) is 0 Å². The van der Waals surface area contributed by atoms with Crippen LogP contribution in [0.1, 0.15) is 51.8 Å². The van der Waals surface area contributed by atoms with E-state index >= 15 is 0 Å². The van der Waals surface area contributed by atoms with Crippen molar-refractivity contribution in [1.29, 1.82) is 0 Å². The highest BCUT2D eigenvalue weighted by molar-refractivity contribution is 7.09.